The van der Waals surface area contributed by atoms with Gasteiger partial charge in [0.25, 0.3) is 0 Å². The first kappa shape index (κ1) is 22.3. The quantitative estimate of drug-likeness (QED) is 0.382. The van der Waals surface area contributed by atoms with Crippen molar-refractivity contribution in [1.29, 1.82) is 0 Å². The van der Waals surface area contributed by atoms with Crippen LogP contribution in [0.5, 0.6) is 5.88 Å². The molecule has 0 radical (unpaired) electrons. The summed E-state index contributed by atoms with van der Waals surface area (Å²) in [5.41, 5.74) is 2.85. The first-order valence-corrected chi connectivity index (χ1v) is 12.6. The van der Waals surface area contributed by atoms with Crippen LogP contribution in [0.25, 0.3) is 22.3 Å². The van der Waals surface area contributed by atoms with Crippen molar-refractivity contribution in [2.75, 3.05) is 0 Å². The highest BCUT2D eigenvalue weighted by Crippen LogP contribution is 2.49. The Bertz CT molecular complexity index is 1320. The van der Waals surface area contributed by atoms with E-state index in [-0.39, 0.29) is 35.2 Å². The predicted octanol–water partition coefficient (Wildman–Crippen LogP) is 5.22. The summed E-state index contributed by atoms with van der Waals surface area (Å²) in [4.78, 5) is 38.7. The predicted molar refractivity (Wildman–Crippen MR) is 129 cm³/mol. The zero-order chi connectivity index (χ0) is 24.1. The monoisotopic (exact) mass is 473 g/mol. The molecule has 3 aliphatic rings. The van der Waals surface area contributed by atoms with Gasteiger partial charge in [0.15, 0.2) is 5.82 Å². The summed E-state index contributed by atoms with van der Waals surface area (Å²) in [6, 6.07) is 6.69. The third kappa shape index (κ3) is 3.72. The maximum atomic E-state index is 14.5. The fourth-order valence-electron chi connectivity index (χ4n) is 6.40. The second-order valence-corrected chi connectivity index (χ2v) is 10.2. The van der Waals surface area contributed by atoms with Gasteiger partial charge in [-0.05, 0) is 63.0 Å². The number of halogens is 1. The number of hydrogen-bond acceptors (Lipinski definition) is 6. The standard InChI is InChI=1S/C28H28FN3O3/c1-15-18-9-10-21-24(22(18)13-16(14-33)26(15)34)31-27(32-28(21)35-17-5-2-3-6-17)20-11-12-30-25-19(20)7-4-8-23(25)29/h4,7-8,11-12,14-18,22H,2-3,5-6,9-10,13H2,1H3. The molecular weight excluding hydrogens is 445 g/mol. The van der Waals surface area contributed by atoms with E-state index >= 15 is 0 Å². The maximum absolute atomic E-state index is 14.5. The lowest BCUT2D eigenvalue weighted by Gasteiger charge is -2.41. The van der Waals surface area contributed by atoms with Crippen molar-refractivity contribution in [2.45, 2.75) is 63.9 Å². The van der Waals surface area contributed by atoms with Crippen molar-refractivity contribution in [1.82, 2.24) is 15.0 Å². The molecule has 0 N–H and O–H groups in total. The number of carbonyl (C=O) groups is 2. The number of aldehydes is 1. The highest BCUT2D eigenvalue weighted by Gasteiger charge is 2.46. The fourth-order valence-corrected chi connectivity index (χ4v) is 6.40. The number of pyridine rings is 1. The van der Waals surface area contributed by atoms with Gasteiger partial charge in [-0.15, -0.1) is 0 Å². The average molecular weight is 474 g/mol. The summed E-state index contributed by atoms with van der Waals surface area (Å²) in [6.07, 6.45) is 8.85. The van der Waals surface area contributed by atoms with Gasteiger partial charge in [-0.3, -0.25) is 9.78 Å². The molecule has 0 bridgehead atoms. The van der Waals surface area contributed by atoms with E-state index in [1.807, 2.05) is 19.1 Å². The van der Waals surface area contributed by atoms with Crippen LogP contribution >= 0.6 is 0 Å². The molecule has 0 saturated heterocycles. The summed E-state index contributed by atoms with van der Waals surface area (Å²) in [5, 5.41) is 0.643. The molecule has 7 heteroatoms. The molecule has 0 amide bonds. The number of hydrogen-bond donors (Lipinski definition) is 0. The molecule has 1 aromatic carbocycles. The van der Waals surface area contributed by atoms with Gasteiger partial charge in [0.1, 0.15) is 29.5 Å². The largest absolute Gasteiger partial charge is 0.474 e. The number of carbonyl (C=O) groups excluding carboxylic acids is 2. The van der Waals surface area contributed by atoms with E-state index in [1.165, 1.54) is 6.07 Å². The highest BCUT2D eigenvalue weighted by atomic mass is 19.1. The Hall–Kier alpha value is -3.22. The topological polar surface area (TPSA) is 82.0 Å². The van der Waals surface area contributed by atoms with Crippen molar-refractivity contribution in [2.24, 2.45) is 17.8 Å². The lowest BCUT2D eigenvalue weighted by atomic mass is 9.62. The molecule has 3 aromatic rings. The van der Waals surface area contributed by atoms with Crippen molar-refractivity contribution in [3.8, 4) is 17.3 Å². The second kappa shape index (κ2) is 8.77. The molecule has 35 heavy (non-hydrogen) atoms. The van der Waals surface area contributed by atoms with Crippen LogP contribution in [0.4, 0.5) is 4.39 Å². The van der Waals surface area contributed by atoms with E-state index in [4.69, 9.17) is 14.7 Å². The number of fused-ring (bicyclic) bond motifs is 4. The third-order valence-electron chi connectivity index (χ3n) is 8.27. The van der Waals surface area contributed by atoms with Crippen LogP contribution in [0.1, 0.15) is 62.6 Å². The number of benzene rings is 1. The second-order valence-electron chi connectivity index (χ2n) is 10.2. The zero-order valence-electron chi connectivity index (χ0n) is 19.7. The first-order chi connectivity index (χ1) is 17.0. The smallest absolute Gasteiger partial charge is 0.220 e. The number of para-hydroxylation sites is 1. The van der Waals surface area contributed by atoms with Crippen LogP contribution in [0.3, 0.4) is 0 Å². The van der Waals surface area contributed by atoms with Crippen LogP contribution in [0.2, 0.25) is 0 Å². The summed E-state index contributed by atoms with van der Waals surface area (Å²) in [6.45, 7) is 1.94. The molecule has 2 saturated carbocycles. The lowest BCUT2D eigenvalue weighted by Crippen LogP contribution is -2.41. The number of nitrogens with zero attached hydrogens (tertiary/aromatic N) is 3. The van der Waals surface area contributed by atoms with Crippen molar-refractivity contribution < 1.29 is 18.7 Å². The lowest BCUT2D eigenvalue weighted by molar-refractivity contribution is -0.135. The van der Waals surface area contributed by atoms with E-state index in [0.717, 1.165) is 56.1 Å². The van der Waals surface area contributed by atoms with E-state index in [9.17, 15) is 14.0 Å². The van der Waals surface area contributed by atoms with Gasteiger partial charge in [0.05, 0.1) is 11.6 Å². The Morgan fingerprint density at radius 1 is 1.11 bits per heavy atom. The molecule has 0 spiro atoms. The van der Waals surface area contributed by atoms with Crippen LogP contribution < -0.4 is 4.74 Å². The Labute approximate surface area is 203 Å². The highest BCUT2D eigenvalue weighted by molar-refractivity contribution is 5.96. The summed E-state index contributed by atoms with van der Waals surface area (Å²) in [7, 11) is 0. The van der Waals surface area contributed by atoms with E-state index in [2.05, 4.69) is 4.98 Å². The molecule has 6 nitrogen and oxygen atoms in total. The van der Waals surface area contributed by atoms with Crippen molar-refractivity contribution in [3.63, 3.8) is 0 Å². The number of rotatable bonds is 4. The molecule has 3 aliphatic carbocycles. The molecule has 2 fully saturated rings. The summed E-state index contributed by atoms with van der Waals surface area (Å²) in [5.74, 6) is 0.0529. The molecule has 4 atom stereocenters. The first-order valence-electron chi connectivity index (χ1n) is 12.6. The average Bonchev–Trinajstić information content (AvgIpc) is 3.39. The van der Waals surface area contributed by atoms with Gasteiger partial charge in [-0.2, -0.15) is 4.98 Å². The number of Topliss-reactive ketones (excluding diaryl/α,β-unsaturated/α-hetero) is 1. The molecule has 0 aliphatic heterocycles. The maximum Gasteiger partial charge on any atom is 0.220 e. The van der Waals surface area contributed by atoms with Gasteiger partial charge >= 0.3 is 0 Å². The molecule has 180 valence electrons. The normalized spacial score (nSPS) is 26.4. The van der Waals surface area contributed by atoms with E-state index < -0.39 is 11.7 Å². The minimum atomic E-state index is -0.606. The molecule has 4 unspecified atom stereocenters. The van der Waals surface area contributed by atoms with Gasteiger partial charge in [0, 0.05) is 34.5 Å². The Kier molecular flexibility index (Phi) is 5.58. The van der Waals surface area contributed by atoms with Gasteiger partial charge in [-0.25, -0.2) is 9.37 Å². The van der Waals surface area contributed by atoms with E-state index in [0.29, 0.717) is 29.1 Å². The minimum Gasteiger partial charge on any atom is -0.474 e. The number of ether oxygens (including phenoxy) is 1. The Morgan fingerprint density at radius 3 is 2.74 bits per heavy atom. The van der Waals surface area contributed by atoms with Gasteiger partial charge in [-0.1, -0.05) is 19.1 Å². The van der Waals surface area contributed by atoms with Crippen LogP contribution in [0.15, 0.2) is 30.5 Å². The van der Waals surface area contributed by atoms with Crippen LogP contribution in [-0.2, 0) is 16.0 Å². The molecule has 6 rings (SSSR count). The SMILES string of the molecule is CC1C(=O)C(C=O)CC2c3nc(-c4ccnc5c(F)cccc45)nc(OC4CCCC4)c3CCC12. The van der Waals surface area contributed by atoms with Gasteiger partial charge in [0.2, 0.25) is 5.88 Å². The van der Waals surface area contributed by atoms with Gasteiger partial charge < -0.3 is 9.53 Å². The summed E-state index contributed by atoms with van der Waals surface area (Å²) < 4.78 is 21.0. The minimum absolute atomic E-state index is 0.0147. The number of ketones is 1. The van der Waals surface area contributed by atoms with Crippen molar-refractivity contribution >= 4 is 23.0 Å². The fraction of sp³-hybridized carbons (Fsp3) is 0.464. The third-order valence-corrected chi connectivity index (χ3v) is 8.27. The van der Waals surface area contributed by atoms with Crippen LogP contribution in [0, 0.1) is 23.6 Å². The summed E-state index contributed by atoms with van der Waals surface area (Å²) >= 11 is 0. The van der Waals surface area contributed by atoms with Crippen LogP contribution in [-0.4, -0.2) is 33.1 Å². The number of aromatic nitrogens is 3. The molecule has 2 aromatic heterocycles. The zero-order valence-corrected chi connectivity index (χ0v) is 19.7. The van der Waals surface area contributed by atoms with E-state index in [1.54, 1.807) is 12.3 Å². The Morgan fingerprint density at radius 2 is 1.94 bits per heavy atom. The molecular formula is C28H28FN3O3. The van der Waals surface area contributed by atoms with Crippen molar-refractivity contribution in [3.05, 3.63) is 47.5 Å². The Balaban J connectivity index is 1.52. The molecule has 2 heterocycles.